The van der Waals surface area contributed by atoms with Crippen molar-refractivity contribution in [1.82, 2.24) is 0 Å². The summed E-state index contributed by atoms with van der Waals surface area (Å²) in [6.45, 7) is 11.5. The minimum atomic E-state index is -1.14. The summed E-state index contributed by atoms with van der Waals surface area (Å²) in [5.74, 6) is -1.69. The fraction of sp³-hybridized carbons (Fsp3) is 0.630. The van der Waals surface area contributed by atoms with Gasteiger partial charge < -0.3 is 14.9 Å². The first-order chi connectivity index (χ1) is 15.1. The van der Waals surface area contributed by atoms with Crippen LogP contribution in [0.1, 0.15) is 86.5 Å². The highest BCUT2D eigenvalue weighted by molar-refractivity contribution is 5.99. The van der Waals surface area contributed by atoms with Gasteiger partial charge >= 0.3 is 5.97 Å². The maximum atomic E-state index is 12.8. The van der Waals surface area contributed by atoms with Gasteiger partial charge in [-0.25, -0.2) is 0 Å². The Balaban J connectivity index is 5.00. The van der Waals surface area contributed by atoms with Gasteiger partial charge in [-0.15, -0.1) is 0 Å². The highest BCUT2D eigenvalue weighted by Gasteiger charge is 2.27. The molecule has 2 N–H and O–H groups in total. The summed E-state index contributed by atoms with van der Waals surface area (Å²) in [5.41, 5.74) is 4.92. The van der Waals surface area contributed by atoms with Gasteiger partial charge in [-0.1, -0.05) is 46.6 Å². The third kappa shape index (κ3) is 15.8. The number of hydrogen-bond acceptors (Lipinski definition) is 5. The van der Waals surface area contributed by atoms with Crippen molar-refractivity contribution in [2.75, 3.05) is 13.2 Å². The van der Waals surface area contributed by atoms with Crippen LogP contribution in [0.4, 0.5) is 0 Å². The second-order valence-corrected chi connectivity index (χ2v) is 9.00. The second-order valence-electron chi connectivity index (χ2n) is 9.00. The number of aliphatic hydroxyl groups excluding tert-OH is 2. The molecule has 0 aliphatic heterocycles. The largest absolute Gasteiger partial charge is 0.462 e. The van der Waals surface area contributed by atoms with Gasteiger partial charge in [0.25, 0.3) is 0 Å². The minimum Gasteiger partial charge on any atom is -0.462 e. The number of carbonyl (C=O) groups is 2. The Labute approximate surface area is 194 Å². The van der Waals surface area contributed by atoms with E-state index in [1.165, 1.54) is 16.7 Å². The van der Waals surface area contributed by atoms with Gasteiger partial charge in [0, 0.05) is 6.42 Å². The Hall–Kier alpha value is -1.98. The van der Waals surface area contributed by atoms with E-state index in [4.69, 9.17) is 9.84 Å². The number of rotatable bonds is 16. The van der Waals surface area contributed by atoms with Crippen LogP contribution >= 0.6 is 0 Å². The number of carbonyl (C=O) groups excluding carboxylic acids is 2. The van der Waals surface area contributed by atoms with Gasteiger partial charge in [0.1, 0.15) is 24.4 Å². The van der Waals surface area contributed by atoms with Gasteiger partial charge in [0.05, 0.1) is 6.61 Å². The van der Waals surface area contributed by atoms with Gasteiger partial charge in [-0.2, -0.15) is 0 Å². The van der Waals surface area contributed by atoms with E-state index in [1.54, 1.807) is 0 Å². The van der Waals surface area contributed by atoms with E-state index in [1.807, 2.05) is 13.0 Å². The van der Waals surface area contributed by atoms with Crippen LogP contribution < -0.4 is 0 Å². The molecule has 0 aliphatic rings. The van der Waals surface area contributed by atoms with E-state index in [0.29, 0.717) is 6.42 Å². The third-order valence-electron chi connectivity index (χ3n) is 5.07. The summed E-state index contributed by atoms with van der Waals surface area (Å²) >= 11 is 0. The average molecular weight is 449 g/mol. The van der Waals surface area contributed by atoms with E-state index in [2.05, 4.69) is 52.8 Å². The van der Waals surface area contributed by atoms with Crippen molar-refractivity contribution in [3.8, 4) is 0 Å². The first-order valence-corrected chi connectivity index (χ1v) is 11.6. The van der Waals surface area contributed by atoms with Gasteiger partial charge in [-0.05, 0) is 80.1 Å². The van der Waals surface area contributed by atoms with Crippen molar-refractivity contribution < 1.29 is 24.5 Å². The SMILES string of the molecule is CC(C)=CCCC(C)=CCC(C(=O)CC/C=C(\C)CCC=C(C)C)C(=O)OCC(O)CO. The second kappa shape index (κ2) is 17.6. The Morgan fingerprint density at radius 1 is 0.781 bits per heavy atom. The van der Waals surface area contributed by atoms with Crippen molar-refractivity contribution in [2.24, 2.45) is 5.92 Å². The van der Waals surface area contributed by atoms with Crippen LogP contribution in [0.3, 0.4) is 0 Å². The Bertz CT molecular complexity index is 689. The molecule has 0 heterocycles. The number of aliphatic hydroxyl groups is 2. The van der Waals surface area contributed by atoms with Gasteiger partial charge in [0.2, 0.25) is 0 Å². The number of Topliss-reactive ketones (excluding diaryl/α,β-unsaturated/α-hetero) is 1. The molecule has 5 nitrogen and oxygen atoms in total. The third-order valence-corrected chi connectivity index (χ3v) is 5.07. The molecule has 2 unspecified atom stereocenters. The number of allylic oxidation sites excluding steroid dienone is 8. The summed E-state index contributed by atoms with van der Waals surface area (Å²) in [6, 6.07) is 0. The predicted molar refractivity (Wildman–Crippen MR) is 131 cm³/mol. The molecule has 0 fully saturated rings. The number of ether oxygens (including phenoxy) is 1. The topological polar surface area (TPSA) is 83.8 Å². The monoisotopic (exact) mass is 448 g/mol. The van der Waals surface area contributed by atoms with E-state index in [9.17, 15) is 14.7 Å². The zero-order chi connectivity index (χ0) is 24.5. The molecule has 0 aromatic carbocycles. The van der Waals surface area contributed by atoms with Gasteiger partial charge in [0.15, 0.2) is 0 Å². The van der Waals surface area contributed by atoms with Crippen LogP contribution in [0.5, 0.6) is 0 Å². The lowest BCUT2D eigenvalue weighted by atomic mass is 9.94. The summed E-state index contributed by atoms with van der Waals surface area (Å²) in [4.78, 5) is 25.3. The molecule has 5 heteroatoms. The number of esters is 1. The van der Waals surface area contributed by atoms with Crippen molar-refractivity contribution >= 4 is 11.8 Å². The molecule has 2 atom stereocenters. The molecular formula is C27H44O5. The van der Waals surface area contributed by atoms with Crippen LogP contribution in [-0.4, -0.2) is 41.3 Å². The molecule has 0 saturated carbocycles. The van der Waals surface area contributed by atoms with Crippen molar-refractivity contribution in [3.05, 3.63) is 46.6 Å². The molecule has 0 amide bonds. The zero-order valence-corrected chi connectivity index (χ0v) is 20.9. The molecule has 0 aliphatic carbocycles. The highest BCUT2D eigenvalue weighted by Crippen LogP contribution is 2.17. The number of ketones is 1. The van der Waals surface area contributed by atoms with E-state index >= 15 is 0 Å². The summed E-state index contributed by atoms with van der Waals surface area (Å²) < 4.78 is 5.10. The Morgan fingerprint density at radius 2 is 1.28 bits per heavy atom. The van der Waals surface area contributed by atoms with Crippen molar-refractivity contribution in [3.63, 3.8) is 0 Å². The van der Waals surface area contributed by atoms with Gasteiger partial charge in [-0.3, -0.25) is 9.59 Å². The van der Waals surface area contributed by atoms with Crippen LogP contribution in [0.25, 0.3) is 0 Å². The lowest BCUT2D eigenvalue weighted by Gasteiger charge is -2.15. The van der Waals surface area contributed by atoms with E-state index in [0.717, 1.165) is 31.3 Å². The number of hydrogen-bond donors (Lipinski definition) is 2. The quantitative estimate of drug-likeness (QED) is 0.182. The molecule has 0 rings (SSSR count). The van der Waals surface area contributed by atoms with E-state index in [-0.39, 0.29) is 25.2 Å². The Morgan fingerprint density at radius 3 is 1.78 bits per heavy atom. The van der Waals surface area contributed by atoms with Crippen LogP contribution in [0, 0.1) is 5.92 Å². The minimum absolute atomic E-state index is 0.157. The first-order valence-electron chi connectivity index (χ1n) is 11.6. The highest BCUT2D eigenvalue weighted by atomic mass is 16.5. The predicted octanol–water partition coefficient (Wildman–Crippen LogP) is 5.62. The zero-order valence-electron chi connectivity index (χ0n) is 20.9. The molecular weight excluding hydrogens is 404 g/mol. The lowest BCUT2D eigenvalue weighted by Crippen LogP contribution is -2.29. The van der Waals surface area contributed by atoms with Crippen LogP contribution in [-0.2, 0) is 14.3 Å². The molecule has 32 heavy (non-hydrogen) atoms. The Kier molecular flexibility index (Phi) is 16.5. The molecule has 0 spiro atoms. The van der Waals surface area contributed by atoms with E-state index < -0.39 is 24.6 Å². The van der Waals surface area contributed by atoms with Crippen LogP contribution in [0.15, 0.2) is 46.6 Å². The fourth-order valence-corrected chi connectivity index (χ4v) is 3.03. The molecule has 0 aromatic rings. The maximum absolute atomic E-state index is 12.8. The molecule has 0 bridgehead atoms. The summed E-state index contributed by atoms with van der Waals surface area (Å²) in [6.07, 6.45) is 12.1. The summed E-state index contributed by atoms with van der Waals surface area (Å²) in [7, 11) is 0. The first kappa shape index (κ1) is 30.0. The molecule has 0 radical (unpaired) electrons. The molecule has 0 aromatic heterocycles. The molecule has 182 valence electrons. The molecule has 0 saturated heterocycles. The van der Waals surface area contributed by atoms with Crippen molar-refractivity contribution in [2.45, 2.75) is 92.6 Å². The standard InChI is InChI=1S/C27H44O5/c1-20(2)10-7-12-22(5)14-9-15-26(30)25(27(31)32-19-24(29)18-28)17-16-23(6)13-8-11-21(3)4/h10-11,14,16,24-25,28-29H,7-9,12-13,15,17-19H2,1-6H3/b22-14+,23-16?. The summed E-state index contributed by atoms with van der Waals surface area (Å²) in [5, 5.41) is 18.4. The normalized spacial score (nSPS) is 13.9. The lowest BCUT2D eigenvalue weighted by molar-refractivity contribution is -0.155. The smallest absolute Gasteiger partial charge is 0.316 e. The van der Waals surface area contributed by atoms with Crippen LogP contribution in [0.2, 0.25) is 0 Å². The maximum Gasteiger partial charge on any atom is 0.316 e. The average Bonchev–Trinajstić information content (AvgIpc) is 2.71. The van der Waals surface area contributed by atoms with Crippen molar-refractivity contribution in [1.29, 1.82) is 0 Å². The fourth-order valence-electron chi connectivity index (χ4n) is 3.03.